The minimum atomic E-state index is 0.0407. The molecule has 1 amide bonds. The number of nitrogens with zero attached hydrogens (tertiary/aromatic N) is 1. The lowest BCUT2D eigenvalue weighted by Gasteiger charge is -2.31. The molecule has 1 fully saturated rings. The van der Waals surface area contributed by atoms with Gasteiger partial charge in [0.2, 0.25) is 5.91 Å². The average Bonchev–Trinajstić information content (AvgIpc) is 3.06. The normalized spacial score (nSPS) is 16.5. The van der Waals surface area contributed by atoms with Crippen LogP contribution < -0.4 is 5.32 Å². The van der Waals surface area contributed by atoms with Gasteiger partial charge >= 0.3 is 0 Å². The molecular weight excluding hydrogens is 322 g/mol. The lowest BCUT2D eigenvalue weighted by Crippen LogP contribution is -2.33. The van der Waals surface area contributed by atoms with E-state index in [-0.39, 0.29) is 5.91 Å². The molecule has 2 N–H and O–H groups in total. The zero-order valence-electron chi connectivity index (χ0n) is 16.1. The summed E-state index contributed by atoms with van der Waals surface area (Å²) in [6.45, 7) is 7.90. The molecule has 140 valence electrons. The number of H-pyrrole nitrogens is 1. The number of benzene rings is 1. The van der Waals surface area contributed by atoms with Crippen molar-refractivity contribution in [3.8, 4) is 0 Å². The van der Waals surface area contributed by atoms with Crippen LogP contribution in [0.5, 0.6) is 0 Å². The van der Waals surface area contributed by atoms with Crippen LogP contribution in [0.2, 0.25) is 0 Å². The predicted octanol–water partition coefficient (Wildman–Crippen LogP) is 5.05. The van der Waals surface area contributed by atoms with E-state index in [2.05, 4.69) is 47.4 Å². The lowest BCUT2D eigenvalue weighted by atomic mass is 9.89. The number of hydrogen-bond acceptors (Lipinski definition) is 2. The quantitative estimate of drug-likeness (QED) is 0.684. The molecule has 2 aromatic rings. The van der Waals surface area contributed by atoms with Gasteiger partial charge in [0, 0.05) is 29.2 Å². The van der Waals surface area contributed by atoms with Crippen molar-refractivity contribution in [3.63, 3.8) is 0 Å². The fraction of sp³-hybridized carbons (Fsp3) is 0.500. The smallest absolute Gasteiger partial charge is 0.228 e. The molecule has 2 heterocycles. The summed E-state index contributed by atoms with van der Waals surface area (Å²) < 4.78 is 0. The van der Waals surface area contributed by atoms with Crippen LogP contribution >= 0.6 is 0 Å². The Labute approximate surface area is 156 Å². The average molecular weight is 354 g/mol. The molecule has 4 heteroatoms. The van der Waals surface area contributed by atoms with E-state index in [1.807, 2.05) is 18.2 Å². The molecule has 0 atom stereocenters. The molecule has 0 radical (unpaired) electrons. The van der Waals surface area contributed by atoms with E-state index < -0.39 is 0 Å². The van der Waals surface area contributed by atoms with Crippen molar-refractivity contribution in [2.45, 2.75) is 51.9 Å². The third kappa shape index (κ3) is 4.55. The van der Waals surface area contributed by atoms with Crippen molar-refractivity contribution in [2.75, 3.05) is 25.0 Å². The van der Waals surface area contributed by atoms with Gasteiger partial charge in [-0.25, -0.2) is 0 Å². The van der Waals surface area contributed by atoms with E-state index >= 15 is 0 Å². The molecule has 0 spiro atoms. The molecule has 3 rings (SSSR count). The molecule has 1 saturated heterocycles. The Kier molecular flexibility index (Phi) is 6.51. The fourth-order valence-electron chi connectivity index (χ4n) is 3.91. The van der Waals surface area contributed by atoms with Crippen LogP contribution in [0.1, 0.15) is 57.4 Å². The number of nitrogens with one attached hydrogen (secondary N) is 2. The Bertz CT molecular complexity index is 754. The minimum Gasteiger partial charge on any atom is -0.361 e. The highest BCUT2D eigenvalue weighted by Crippen LogP contribution is 2.34. The fourth-order valence-corrected chi connectivity index (χ4v) is 3.91. The second kappa shape index (κ2) is 9.04. The molecule has 1 aromatic heterocycles. The number of rotatable bonds is 7. The van der Waals surface area contributed by atoms with E-state index in [0.29, 0.717) is 12.3 Å². The van der Waals surface area contributed by atoms with Gasteiger partial charge in [0.05, 0.1) is 0 Å². The Morgan fingerprint density at radius 3 is 2.81 bits per heavy atom. The molecule has 0 saturated carbocycles. The lowest BCUT2D eigenvalue weighted by molar-refractivity contribution is -0.115. The molecule has 1 aliphatic rings. The number of aromatic amines is 1. The van der Waals surface area contributed by atoms with Gasteiger partial charge in [-0.2, -0.15) is 0 Å². The first-order valence-corrected chi connectivity index (χ1v) is 9.99. The van der Waals surface area contributed by atoms with Gasteiger partial charge in [-0.15, -0.1) is 0 Å². The zero-order valence-corrected chi connectivity index (χ0v) is 16.1. The minimum absolute atomic E-state index is 0.0407. The second-order valence-corrected chi connectivity index (χ2v) is 7.25. The Balaban J connectivity index is 1.70. The van der Waals surface area contributed by atoms with Crippen LogP contribution in [-0.2, 0) is 4.79 Å². The summed E-state index contributed by atoms with van der Waals surface area (Å²) in [7, 11) is 0. The summed E-state index contributed by atoms with van der Waals surface area (Å²) in [6, 6.07) is 6.18. The van der Waals surface area contributed by atoms with E-state index in [1.165, 1.54) is 49.8 Å². The van der Waals surface area contributed by atoms with E-state index in [4.69, 9.17) is 0 Å². The number of anilines is 1. The number of carbonyl (C=O) groups is 1. The number of allylic oxidation sites excluding steroid dienone is 1. The van der Waals surface area contributed by atoms with Gasteiger partial charge in [-0.1, -0.05) is 26.0 Å². The number of carbonyl (C=O) groups excluding carboxylic acids is 1. The van der Waals surface area contributed by atoms with Crippen molar-refractivity contribution < 1.29 is 4.79 Å². The highest BCUT2D eigenvalue weighted by Gasteiger charge is 2.22. The molecule has 0 aliphatic carbocycles. The van der Waals surface area contributed by atoms with Crippen LogP contribution in [0.4, 0.5) is 5.69 Å². The maximum atomic E-state index is 12.1. The van der Waals surface area contributed by atoms with Gasteiger partial charge in [0.25, 0.3) is 0 Å². The van der Waals surface area contributed by atoms with Crippen molar-refractivity contribution in [3.05, 3.63) is 42.1 Å². The van der Waals surface area contributed by atoms with Crippen LogP contribution in [0, 0.1) is 0 Å². The summed E-state index contributed by atoms with van der Waals surface area (Å²) in [5, 5.41) is 4.28. The first kappa shape index (κ1) is 18.7. The maximum absolute atomic E-state index is 12.1. The first-order chi connectivity index (χ1) is 12.7. The predicted molar refractivity (Wildman–Crippen MR) is 110 cm³/mol. The second-order valence-electron chi connectivity index (χ2n) is 7.25. The van der Waals surface area contributed by atoms with Crippen molar-refractivity contribution in [1.82, 2.24) is 9.88 Å². The van der Waals surface area contributed by atoms with E-state index in [1.54, 1.807) is 0 Å². The molecule has 0 bridgehead atoms. The molecule has 1 aliphatic heterocycles. The van der Waals surface area contributed by atoms with Crippen molar-refractivity contribution >= 4 is 22.5 Å². The highest BCUT2D eigenvalue weighted by atomic mass is 16.1. The Hall–Kier alpha value is -2.07. The number of piperidine rings is 1. The molecule has 26 heavy (non-hydrogen) atoms. The van der Waals surface area contributed by atoms with Gasteiger partial charge in [-0.05, 0) is 75.0 Å². The molecule has 4 nitrogen and oxygen atoms in total. The Morgan fingerprint density at radius 1 is 1.27 bits per heavy atom. The standard InChI is InChI=1S/C22H31N3O/c1-3-5-6-7-22(26)24-18-8-9-21-19(15-18)20(16-23-21)17-10-13-25(12-4-2)14-11-17/h5-6,8-9,15-17,23H,3-4,7,10-14H2,1-2H3,(H,24,26). The third-order valence-corrected chi connectivity index (χ3v) is 5.27. The topological polar surface area (TPSA) is 48.1 Å². The Morgan fingerprint density at radius 2 is 2.08 bits per heavy atom. The van der Waals surface area contributed by atoms with E-state index in [0.717, 1.165) is 17.6 Å². The largest absolute Gasteiger partial charge is 0.361 e. The van der Waals surface area contributed by atoms with Gasteiger partial charge in [-0.3, -0.25) is 4.79 Å². The van der Waals surface area contributed by atoms with Gasteiger partial charge in [0.15, 0.2) is 0 Å². The molecular formula is C22H31N3O. The SMILES string of the molecule is CCC=CCC(=O)Nc1ccc2[nH]cc(C3CCN(CCC)CC3)c2c1. The first-order valence-electron chi connectivity index (χ1n) is 9.99. The zero-order chi connectivity index (χ0) is 18.4. The van der Waals surface area contributed by atoms with Crippen molar-refractivity contribution in [2.24, 2.45) is 0 Å². The maximum Gasteiger partial charge on any atom is 0.228 e. The van der Waals surface area contributed by atoms with Crippen LogP contribution in [0.15, 0.2) is 36.5 Å². The third-order valence-electron chi connectivity index (χ3n) is 5.27. The van der Waals surface area contributed by atoms with Crippen molar-refractivity contribution in [1.29, 1.82) is 0 Å². The molecule has 1 aromatic carbocycles. The van der Waals surface area contributed by atoms with Gasteiger partial charge < -0.3 is 15.2 Å². The monoisotopic (exact) mass is 353 g/mol. The number of amides is 1. The summed E-state index contributed by atoms with van der Waals surface area (Å²) in [5.41, 5.74) is 3.44. The van der Waals surface area contributed by atoms with E-state index in [9.17, 15) is 4.79 Å². The van der Waals surface area contributed by atoms with Crippen LogP contribution in [0.3, 0.4) is 0 Å². The van der Waals surface area contributed by atoms with Crippen LogP contribution in [0.25, 0.3) is 10.9 Å². The summed E-state index contributed by atoms with van der Waals surface area (Å²) in [4.78, 5) is 18.0. The van der Waals surface area contributed by atoms with Gasteiger partial charge in [0.1, 0.15) is 0 Å². The van der Waals surface area contributed by atoms with Crippen LogP contribution in [-0.4, -0.2) is 35.4 Å². The summed E-state index contributed by atoms with van der Waals surface area (Å²) in [6.07, 6.45) is 11.2. The molecule has 0 unspecified atom stereocenters. The summed E-state index contributed by atoms with van der Waals surface area (Å²) in [5.74, 6) is 0.648. The highest BCUT2D eigenvalue weighted by molar-refractivity contribution is 5.95. The number of fused-ring (bicyclic) bond motifs is 1. The number of hydrogen-bond donors (Lipinski definition) is 2. The summed E-state index contributed by atoms with van der Waals surface area (Å²) >= 11 is 0. The number of aromatic nitrogens is 1. The number of likely N-dealkylation sites (tertiary alicyclic amines) is 1.